The molecule has 5 aromatic rings. The second kappa shape index (κ2) is 9.53. The van der Waals surface area contributed by atoms with Gasteiger partial charge in [-0.1, -0.05) is 30.3 Å². The molecule has 0 aliphatic carbocycles. The molecule has 0 aliphatic rings. The van der Waals surface area contributed by atoms with Gasteiger partial charge in [-0.05, 0) is 35.9 Å². The summed E-state index contributed by atoms with van der Waals surface area (Å²) in [5, 5.41) is 3.29. The first-order valence-electron chi connectivity index (χ1n) is 11.2. The van der Waals surface area contributed by atoms with Crippen LogP contribution in [0.25, 0.3) is 21.9 Å². The standard InChI is InChI=1S/C27H23FN4O4/c1-35-22-11-9-19(13-23(22)36-2)30-24(33)15-32-21-10-8-18(28)12-20(21)25-26(32)27(34)31(16-29-25)14-17-6-4-3-5-7-17/h3-13,16H,14-15H2,1-2H3,(H,30,33). The molecule has 0 spiro atoms. The maximum atomic E-state index is 14.1. The van der Waals surface area contributed by atoms with E-state index in [1.165, 1.54) is 37.2 Å². The first kappa shape index (κ1) is 23.1. The van der Waals surface area contributed by atoms with Gasteiger partial charge in [0.25, 0.3) is 5.56 Å². The number of hydrogen-bond donors (Lipinski definition) is 1. The monoisotopic (exact) mass is 486 g/mol. The van der Waals surface area contributed by atoms with E-state index in [0.717, 1.165) is 5.56 Å². The van der Waals surface area contributed by atoms with Crippen LogP contribution in [0.15, 0.2) is 77.9 Å². The van der Waals surface area contributed by atoms with Crippen LogP contribution in [-0.4, -0.2) is 34.2 Å². The number of methoxy groups -OCH3 is 2. The van der Waals surface area contributed by atoms with E-state index in [9.17, 15) is 14.0 Å². The Morgan fingerprint density at radius 1 is 1.00 bits per heavy atom. The summed E-state index contributed by atoms with van der Waals surface area (Å²) >= 11 is 0. The van der Waals surface area contributed by atoms with E-state index < -0.39 is 5.82 Å². The first-order valence-corrected chi connectivity index (χ1v) is 11.2. The number of fused-ring (bicyclic) bond motifs is 3. The molecule has 9 heteroatoms. The summed E-state index contributed by atoms with van der Waals surface area (Å²) in [6.07, 6.45) is 1.45. The van der Waals surface area contributed by atoms with Gasteiger partial charge in [0, 0.05) is 17.1 Å². The zero-order valence-electron chi connectivity index (χ0n) is 19.7. The fourth-order valence-corrected chi connectivity index (χ4v) is 4.29. The van der Waals surface area contributed by atoms with Gasteiger partial charge in [0.15, 0.2) is 11.5 Å². The van der Waals surface area contributed by atoms with Gasteiger partial charge in [-0.3, -0.25) is 14.2 Å². The largest absolute Gasteiger partial charge is 0.493 e. The van der Waals surface area contributed by atoms with Gasteiger partial charge < -0.3 is 19.4 Å². The number of carbonyl (C=O) groups excluding carboxylic acids is 1. The van der Waals surface area contributed by atoms with Gasteiger partial charge >= 0.3 is 0 Å². The van der Waals surface area contributed by atoms with Gasteiger partial charge in [-0.25, -0.2) is 9.37 Å². The van der Waals surface area contributed by atoms with Crippen LogP contribution in [0.4, 0.5) is 10.1 Å². The van der Waals surface area contributed by atoms with Crippen molar-refractivity contribution in [2.75, 3.05) is 19.5 Å². The minimum Gasteiger partial charge on any atom is -0.493 e. The fourth-order valence-electron chi connectivity index (χ4n) is 4.29. The molecule has 3 aromatic carbocycles. The van der Waals surface area contributed by atoms with E-state index in [2.05, 4.69) is 10.3 Å². The average molecular weight is 487 g/mol. The number of hydrogen-bond acceptors (Lipinski definition) is 5. The highest BCUT2D eigenvalue weighted by Crippen LogP contribution is 2.30. The molecule has 2 aromatic heterocycles. The predicted octanol–water partition coefficient (Wildman–Crippen LogP) is 4.19. The lowest BCUT2D eigenvalue weighted by Gasteiger charge is -2.12. The molecule has 5 rings (SSSR count). The first-order chi connectivity index (χ1) is 17.5. The molecule has 0 unspecified atom stereocenters. The van der Waals surface area contributed by atoms with E-state index in [0.29, 0.717) is 40.2 Å². The highest BCUT2D eigenvalue weighted by Gasteiger charge is 2.19. The Hall–Kier alpha value is -4.66. The Kier molecular flexibility index (Phi) is 6.12. The summed E-state index contributed by atoms with van der Waals surface area (Å²) in [6, 6.07) is 18.7. The second-order valence-electron chi connectivity index (χ2n) is 8.23. The van der Waals surface area contributed by atoms with Crippen molar-refractivity contribution >= 4 is 33.5 Å². The number of rotatable bonds is 7. The number of halogens is 1. The molecule has 0 atom stereocenters. The predicted molar refractivity (Wildman–Crippen MR) is 135 cm³/mol. The van der Waals surface area contributed by atoms with Crippen molar-refractivity contribution in [3.63, 3.8) is 0 Å². The van der Waals surface area contributed by atoms with Crippen LogP contribution in [0.1, 0.15) is 5.56 Å². The molecule has 0 saturated heterocycles. The van der Waals surface area contributed by atoms with Crippen LogP contribution in [0.5, 0.6) is 11.5 Å². The third-order valence-electron chi connectivity index (χ3n) is 5.95. The normalized spacial score (nSPS) is 11.1. The quantitative estimate of drug-likeness (QED) is 0.373. The maximum absolute atomic E-state index is 14.1. The smallest absolute Gasteiger partial charge is 0.278 e. The van der Waals surface area contributed by atoms with Crippen molar-refractivity contribution in [2.24, 2.45) is 0 Å². The zero-order valence-corrected chi connectivity index (χ0v) is 19.7. The average Bonchev–Trinajstić information content (AvgIpc) is 3.19. The molecule has 182 valence electrons. The SMILES string of the molecule is COc1ccc(NC(=O)Cn2c3ccc(F)cc3c3ncn(Cc4ccccc4)c(=O)c32)cc1OC. The van der Waals surface area contributed by atoms with Crippen molar-refractivity contribution in [2.45, 2.75) is 13.1 Å². The van der Waals surface area contributed by atoms with Crippen LogP contribution in [0, 0.1) is 5.82 Å². The summed E-state index contributed by atoms with van der Waals surface area (Å²) in [6.45, 7) is 0.141. The molecular weight excluding hydrogens is 463 g/mol. The zero-order chi connectivity index (χ0) is 25.2. The van der Waals surface area contributed by atoms with Gasteiger partial charge in [0.05, 0.1) is 32.6 Å². The Balaban J connectivity index is 1.56. The van der Waals surface area contributed by atoms with Crippen LogP contribution >= 0.6 is 0 Å². The Bertz CT molecular complexity index is 1640. The number of anilines is 1. The summed E-state index contributed by atoms with van der Waals surface area (Å²) in [4.78, 5) is 31.1. The van der Waals surface area contributed by atoms with Crippen LogP contribution in [-0.2, 0) is 17.9 Å². The lowest BCUT2D eigenvalue weighted by Crippen LogP contribution is -2.25. The summed E-state index contributed by atoms with van der Waals surface area (Å²) in [5.41, 5.74) is 2.23. The maximum Gasteiger partial charge on any atom is 0.278 e. The van der Waals surface area contributed by atoms with Gasteiger partial charge in [0.2, 0.25) is 5.91 Å². The van der Waals surface area contributed by atoms with Crippen LogP contribution < -0.4 is 20.3 Å². The molecule has 0 fully saturated rings. The van der Waals surface area contributed by atoms with Crippen molar-refractivity contribution in [1.82, 2.24) is 14.1 Å². The highest BCUT2D eigenvalue weighted by molar-refractivity contribution is 6.06. The number of amides is 1. The molecule has 8 nitrogen and oxygen atoms in total. The highest BCUT2D eigenvalue weighted by atomic mass is 19.1. The van der Waals surface area contributed by atoms with Crippen LogP contribution in [0.3, 0.4) is 0 Å². The number of nitrogens with zero attached hydrogens (tertiary/aromatic N) is 3. The van der Waals surface area contributed by atoms with Crippen molar-refractivity contribution in [1.29, 1.82) is 0 Å². The molecule has 1 amide bonds. The lowest BCUT2D eigenvalue weighted by molar-refractivity contribution is -0.116. The number of ether oxygens (including phenoxy) is 2. The van der Waals surface area contributed by atoms with E-state index in [1.54, 1.807) is 28.8 Å². The summed E-state index contributed by atoms with van der Waals surface area (Å²) in [7, 11) is 3.04. The molecule has 36 heavy (non-hydrogen) atoms. The van der Waals surface area contributed by atoms with E-state index in [1.807, 2.05) is 30.3 Å². The number of benzene rings is 3. The molecule has 0 aliphatic heterocycles. The molecule has 0 saturated carbocycles. The molecule has 1 N–H and O–H groups in total. The number of aromatic nitrogens is 3. The van der Waals surface area contributed by atoms with Gasteiger partial charge in [0.1, 0.15) is 23.4 Å². The van der Waals surface area contributed by atoms with E-state index in [-0.39, 0.29) is 23.5 Å². The third-order valence-corrected chi connectivity index (χ3v) is 5.95. The minimum absolute atomic E-state index is 0.174. The second-order valence-corrected chi connectivity index (χ2v) is 8.23. The van der Waals surface area contributed by atoms with E-state index >= 15 is 0 Å². The summed E-state index contributed by atoms with van der Waals surface area (Å²) in [5.74, 6) is 0.176. The van der Waals surface area contributed by atoms with E-state index in [4.69, 9.17) is 9.47 Å². The topological polar surface area (TPSA) is 87.4 Å². The van der Waals surface area contributed by atoms with Crippen molar-refractivity contribution < 1.29 is 18.7 Å². The van der Waals surface area contributed by atoms with Gasteiger partial charge in [-0.15, -0.1) is 0 Å². The number of nitrogens with one attached hydrogen (secondary N) is 1. The Labute approximate surface area is 205 Å². The van der Waals surface area contributed by atoms with Gasteiger partial charge in [-0.2, -0.15) is 0 Å². The third kappa shape index (κ3) is 4.26. The minimum atomic E-state index is -0.452. The molecule has 0 bridgehead atoms. The Morgan fingerprint density at radius 2 is 1.78 bits per heavy atom. The molecule has 2 heterocycles. The van der Waals surface area contributed by atoms with Crippen LogP contribution in [0.2, 0.25) is 0 Å². The lowest BCUT2D eigenvalue weighted by atomic mass is 10.2. The van der Waals surface area contributed by atoms with Crippen molar-refractivity contribution in [3.05, 3.63) is 94.8 Å². The fraction of sp³-hybridized carbons (Fsp3) is 0.148. The number of carbonyl (C=O) groups is 1. The summed E-state index contributed by atoms with van der Waals surface area (Å²) < 4.78 is 27.7. The molecular formula is C27H23FN4O4. The molecule has 0 radical (unpaired) electrons. The Morgan fingerprint density at radius 3 is 2.53 bits per heavy atom. The van der Waals surface area contributed by atoms with Crippen molar-refractivity contribution in [3.8, 4) is 11.5 Å².